The molecule has 0 saturated carbocycles. The van der Waals surface area contributed by atoms with Crippen molar-refractivity contribution in [3.63, 3.8) is 0 Å². The first-order chi connectivity index (χ1) is 9.35. The molecule has 1 aliphatic heterocycles. The molecule has 102 valence electrons. The van der Waals surface area contributed by atoms with Crippen LogP contribution < -0.4 is 5.32 Å². The van der Waals surface area contributed by atoms with Crippen LogP contribution in [0.5, 0.6) is 0 Å². The van der Waals surface area contributed by atoms with Crippen LogP contribution >= 0.6 is 11.3 Å². The van der Waals surface area contributed by atoms with Crippen molar-refractivity contribution in [1.82, 2.24) is 19.8 Å². The van der Waals surface area contributed by atoms with E-state index in [9.17, 15) is 0 Å². The second-order valence-electron chi connectivity index (χ2n) is 4.90. The molecule has 5 heteroatoms. The van der Waals surface area contributed by atoms with E-state index in [0.717, 1.165) is 39.3 Å². The maximum atomic E-state index is 4.41. The van der Waals surface area contributed by atoms with Gasteiger partial charge >= 0.3 is 0 Å². The van der Waals surface area contributed by atoms with Crippen LogP contribution in [0.3, 0.4) is 0 Å². The van der Waals surface area contributed by atoms with Crippen LogP contribution in [0.4, 0.5) is 0 Å². The summed E-state index contributed by atoms with van der Waals surface area (Å²) in [4.78, 5) is 9.76. The Kier molecular flexibility index (Phi) is 3.96. The molecule has 0 spiro atoms. The largest absolute Gasteiger partial charge is 0.333 e. The third kappa shape index (κ3) is 3.05. The van der Waals surface area contributed by atoms with Crippen LogP contribution in [0.15, 0.2) is 24.5 Å². The molecular weight excluding hydrogens is 256 g/mol. The monoisotopic (exact) mass is 276 g/mol. The average Bonchev–Trinajstić information content (AvgIpc) is 3.05. The van der Waals surface area contributed by atoms with Crippen molar-refractivity contribution in [2.24, 2.45) is 0 Å². The first kappa shape index (κ1) is 12.8. The quantitative estimate of drug-likeness (QED) is 0.907. The number of imidazole rings is 1. The number of rotatable bonds is 5. The normalized spacial score (nSPS) is 15.6. The maximum absolute atomic E-state index is 4.41. The van der Waals surface area contributed by atoms with Crippen LogP contribution in [0.1, 0.15) is 22.5 Å². The lowest BCUT2D eigenvalue weighted by Crippen LogP contribution is -2.32. The van der Waals surface area contributed by atoms with Crippen LogP contribution in [0, 0.1) is 0 Å². The molecule has 2 aromatic rings. The van der Waals surface area contributed by atoms with Crippen molar-refractivity contribution >= 4 is 11.3 Å². The Morgan fingerprint density at radius 1 is 1.32 bits per heavy atom. The summed E-state index contributed by atoms with van der Waals surface area (Å²) in [5, 5.41) is 3.37. The molecule has 0 radical (unpaired) electrons. The highest BCUT2D eigenvalue weighted by atomic mass is 32.1. The van der Waals surface area contributed by atoms with Gasteiger partial charge in [-0.1, -0.05) is 6.92 Å². The smallest absolute Gasteiger partial charge is 0.122 e. The van der Waals surface area contributed by atoms with Crippen molar-refractivity contribution in [3.05, 3.63) is 40.1 Å². The van der Waals surface area contributed by atoms with Crippen LogP contribution in [-0.2, 0) is 26.2 Å². The molecule has 0 aromatic carbocycles. The molecule has 0 bridgehead atoms. The Morgan fingerprint density at radius 3 is 3.11 bits per heavy atom. The molecule has 4 nitrogen and oxygen atoms in total. The highest BCUT2D eigenvalue weighted by molar-refractivity contribution is 7.11. The molecule has 0 unspecified atom stereocenters. The van der Waals surface area contributed by atoms with E-state index in [0.29, 0.717) is 0 Å². The second-order valence-corrected chi connectivity index (χ2v) is 6.15. The zero-order valence-electron chi connectivity index (χ0n) is 11.3. The SMILES string of the molecule is CCNCc1ccc(CN2CCn3ccnc3C2)s1. The topological polar surface area (TPSA) is 33.1 Å². The van der Waals surface area contributed by atoms with Crippen molar-refractivity contribution in [2.75, 3.05) is 13.1 Å². The lowest BCUT2D eigenvalue weighted by atomic mass is 10.3. The Bertz CT molecular complexity index is 531. The molecule has 1 N–H and O–H groups in total. The lowest BCUT2D eigenvalue weighted by molar-refractivity contribution is 0.210. The molecule has 0 fully saturated rings. The van der Waals surface area contributed by atoms with Crippen molar-refractivity contribution in [3.8, 4) is 0 Å². The van der Waals surface area contributed by atoms with Crippen molar-refractivity contribution in [2.45, 2.75) is 33.1 Å². The van der Waals surface area contributed by atoms with Gasteiger partial charge < -0.3 is 9.88 Å². The summed E-state index contributed by atoms with van der Waals surface area (Å²) < 4.78 is 2.25. The van der Waals surface area contributed by atoms with Gasteiger partial charge in [0.15, 0.2) is 0 Å². The van der Waals surface area contributed by atoms with E-state index in [2.05, 4.69) is 45.0 Å². The molecule has 3 rings (SSSR count). The zero-order valence-corrected chi connectivity index (χ0v) is 12.1. The highest BCUT2D eigenvalue weighted by Crippen LogP contribution is 2.20. The first-order valence-corrected chi connectivity index (χ1v) is 7.67. The second kappa shape index (κ2) is 5.86. The van der Waals surface area contributed by atoms with Crippen LogP contribution in [0.2, 0.25) is 0 Å². The summed E-state index contributed by atoms with van der Waals surface area (Å²) >= 11 is 1.92. The van der Waals surface area contributed by atoms with Gasteiger partial charge in [-0.15, -0.1) is 11.3 Å². The number of nitrogens with zero attached hydrogens (tertiary/aromatic N) is 3. The Labute approximate surface area is 118 Å². The van der Waals surface area contributed by atoms with Crippen LogP contribution in [-0.4, -0.2) is 27.5 Å². The van der Waals surface area contributed by atoms with Crippen molar-refractivity contribution in [1.29, 1.82) is 0 Å². The van der Waals surface area contributed by atoms with E-state index in [1.54, 1.807) is 0 Å². The molecule has 19 heavy (non-hydrogen) atoms. The molecule has 3 heterocycles. The number of hydrogen-bond donors (Lipinski definition) is 1. The number of hydrogen-bond acceptors (Lipinski definition) is 4. The zero-order chi connectivity index (χ0) is 13.1. The van der Waals surface area contributed by atoms with Gasteiger partial charge in [0.1, 0.15) is 5.82 Å². The summed E-state index contributed by atoms with van der Waals surface area (Å²) in [6, 6.07) is 4.51. The van der Waals surface area contributed by atoms with Gasteiger partial charge in [-0.05, 0) is 18.7 Å². The number of nitrogens with one attached hydrogen (secondary N) is 1. The van der Waals surface area contributed by atoms with E-state index < -0.39 is 0 Å². The number of fused-ring (bicyclic) bond motifs is 1. The fourth-order valence-corrected chi connectivity index (χ4v) is 3.46. The minimum Gasteiger partial charge on any atom is -0.333 e. The van der Waals surface area contributed by atoms with Crippen molar-refractivity contribution < 1.29 is 0 Å². The van der Waals surface area contributed by atoms with E-state index in [1.165, 1.54) is 15.6 Å². The minimum atomic E-state index is 0.966. The number of thiophene rings is 1. The predicted molar refractivity (Wildman–Crippen MR) is 78.0 cm³/mol. The fourth-order valence-electron chi connectivity index (χ4n) is 2.43. The minimum absolute atomic E-state index is 0.966. The predicted octanol–water partition coefficient (Wildman–Crippen LogP) is 2.07. The maximum Gasteiger partial charge on any atom is 0.122 e. The summed E-state index contributed by atoms with van der Waals surface area (Å²) in [5.41, 5.74) is 0. The Balaban J connectivity index is 1.58. The van der Waals surface area contributed by atoms with Crippen LogP contribution in [0.25, 0.3) is 0 Å². The summed E-state index contributed by atoms with van der Waals surface area (Å²) in [5.74, 6) is 1.19. The van der Waals surface area contributed by atoms with Gasteiger partial charge in [0.2, 0.25) is 0 Å². The summed E-state index contributed by atoms with van der Waals surface area (Å²) in [7, 11) is 0. The third-order valence-corrected chi connectivity index (χ3v) is 4.54. The van der Waals surface area contributed by atoms with Gasteiger partial charge in [-0.25, -0.2) is 4.98 Å². The first-order valence-electron chi connectivity index (χ1n) is 6.86. The number of aromatic nitrogens is 2. The van der Waals surface area contributed by atoms with E-state index in [-0.39, 0.29) is 0 Å². The van der Waals surface area contributed by atoms with Gasteiger partial charge in [-0.3, -0.25) is 4.90 Å². The molecule has 2 aromatic heterocycles. The highest BCUT2D eigenvalue weighted by Gasteiger charge is 2.17. The molecule has 1 aliphatic rings. The van der Waals surface area contributed by atoms with E-state index in [1.807, 2.05) is 17.5 Å². The average molecular weight is 276 g/mol. The Morgan fingerprint density at radius 2 is 2.21 bits per heavy atom. The molecule has 0 amide bonds. The van der Waals surface area contributed by atoms with Gasteiger partial charge in [0.25, 0.3) is 0 Å². The van der Waals surface area contributed by atoms with E-state index in [4.69, 9.17) is 0 Å². The third-order valence-electron chi connectivity index (χ3n) is 3.47. The molecular formula is C14H20N4S. The molecule has 0 saturated heterocycles. The summed E-state index contributed by atoms with van der Waals surface area (Å²) in [6.07, 6.45) is 3.98. The standard InChI is InChI=1S/C14H20N4S/c1-2-15-9-12-3-4-13(19-12)10-17-7-8-18-6-5-16-14(18)11-17/h3-6,15H,2,7-11H2,1H3. The fraction of sp³-hybridized carbons (Fsp3) is 0.500. The van der Waals surface area contributed by atoms with E-state index >= 15 is 0 Å². The van der Waals surface area contributed by atoms with Gasteiger partial charge in [0.05, 0.1) is 6.54 Å². The summed E-state index contributed by atoms with van der Waals surface area (Å²) in [6.45, 7) is 8.35. The lowest BCUT2D eigenvalue weighted by Gasteiger charge is -2.26. The van der Waals surface area contributed by atoms with Gasteiger partial charge in [-0.2, -0.15) is 0 Å². The van der Waals surface area contributed by atoms with Gasteiger partial charge in [0, 0.05) is 48.3 Å². The molecule has 0 aliphatic carbocycles. The Hall–Kier alpha value is -1.17. The molecule has 0 atom stereocenters.